The van der Waals surface area contributed by atoms with Gasteiger partial charge in [0.15, 0.2) is 6.61 Å². The van der Waals surface area contributed by atoms with Gasteiger partial charge in [0.25, 0.3) is 15.9 Å². The summed E-state index contributed by atoms with van der Waals surface area (Å²) < 4.78 is 60.3. The summed E-state index contributed by atoms with van der Waals surface area (Å²) in [4.78, 5) is 12.7. The van der Waals surface area contributed by atoms with Crippen molar-refractivity contribution in [3.8, 4) is 5.75 Å². The van der Waals surface area contributed by atoms with E-state index in [1.807, 2.05) is 24.3 Å². The van der Waals surface area contributed by atoms with Gasteiger partial charge >= 0.3 is 0 Å². The average Bonchev–Trinajstić information content (AvgIpc) is 2.88. The molecule has 0 unspecified atom stereocenters. The van der Waals surface area contributed by atoms with Crippen LogP contribution < -0.4 is 19.1 Å². The molecule has 0 saturated carbocycles. The fourth-order valence-electron chi connectivity index (χ4n) is 4.17. The van der Waals surface area contributed by atoms with Crippen molar-refractivity contribution in [3.63, 3.8) is 0 Å². The number of carbonyl (C=O) groups excluding carboxylic acids is 1. The van der Waals surface area contributed by atoms with Gasteiger partial charge in [-0.3, -0.25) is 9.10 Å². The van der Waals surface area contributed by atoms with Crippen LogP contribution in [-0.4, -0.2) is 42.9 Å². The van der Waals surface area contributed by atoms with E-state index in [0.717, 1.165) is 18.4 Å². The standard InChI is InChI=1S/C26H29N3O6S2/c1-18-10-11-21(36(31,32)27-3)16-23(18)28-26(30)17-35-25-13-12-22(15-19(25)2)37(33,34)29-14-6-8-20-7-4-5-9-24(20)29/h4-5,7,9-13,15-16,27H,6,8,14,17H2,1-3H3,(H,28,30). The monoisotopic (exact) mass is 543 g/mol. The smallest absolute Gasteiger partial charge is 0.264 e. The van der Waals surface area contributed by atoms with E-state index in [2.05, 4.69) is 10.0 Å². The first-order valence-electron chi connectivity index (χ1n) is 11.7. The van der Waals surface area contributed by atoms with Crippen LogP contribution in [0.5, 0.6) is 5.75 Å². The number of carbonyl (C=O) groups is 1. The molecule has 0 spiro atoms. The summed E-state index contributed by atoms with van der Waals surface area (Å²) in [5.74, 6) is -0.112. The van der Waals surface area contributed by atoms with Crippen LogP contribution in [0.2, 0.25) is 0 Å². The van der Waals surface area contributed by atoms with Gasteiger partial charge in [-0.1, -0.05) is 24.3 Å². The predicted molar refractivity (Wildman–Crippen MR) is 142 cm³/mol. The predicted octanol–water partition coefficient (Wildman–Crippen LogP) is 3.37. The second-order valence-electron chi connectivity index (χ2n) is 8.76. The molecule has 11 heteroatoms. The Hall–Kier alpha value is -3.41. The highest BCUT2D eigenvalue weighted by atomic mass is 32.2. The van der Waals surface area contributed by atoms with Crippen molar-refractivity contribution < 1.29 is 26.4 Å². The Morgan fingerprint density at radius 2 is 1.68 bits per heavy atom. The average molecular weight is 544 g/mol. The number of sulfonamides is 2. The fraction of sp³-hybridized carbons (Fsp3) is 0.269. The van der Waals surface area contributed by atoms with Crippen molar-refractivity contribution >= 4 is 37.3 Å². The number of hydrogen-bond donors (Lipinski definition) is 2. The number of ether oxygens (including phenoxy) is 1. The molecule has 0 fully saturated rings. The molecular formula is C26H29N3O6S2. The van der Waals surface area contributed by atoms with E-state index in [9.17, 15) is 21.6 Å². The van der Waals surface area contributed by atoms with Gasteiger partial charge in [0.2, 0.25) is 10.0 Å². The minimum absolute atomic E-state index is 0.0285. The molecule has 37 heavy (non-hydrogen) atoms. The number of benzene rings is 3. The quantitative estimate of drug-likeness (QED) is 0.449. The first-order valence-corrected chi connectivity index (χ1v) is 14.6. The zero-order valence-electron chi connectivity index (χ0n) is 20.8. The fourth-order valence-corrected chi connectivity index (χ4v) is 6.55. The highest BCUT2D eigenvalue weighted by Gasteiger charge is 2.29. The topological polar surface area (TPSA) is 122 Å². The SMILES string of the molecule is CNS(=O)(=O)c1ccc(C)c(NC(=O)COc2ccc(S(=O)(=O)N3CCCc4ccccc43)cc2C)c1. The lowest BCUT2D eigenvalue weighted by molar-refractivity contribution is -0.118. The molecule has 9 nitrogen and oxygen atoms in total. The van der Waals surface area contributed by atoms with E-state index in [1.54, 1.807) is 19.9 Å². The van der Waals surface area contributed by atoms with E-state index >= 15 is 0 Å². The largest absolute Gasteiger partial charge is 0.483 e. The van der Waals surface area contributed by atoms with Crippen LogP contribution in [0.4, 0.5) is 11.4 Å². The van der Waals surface area contributed by atoms with Crippen molar-refractivity contribution in [2.75, 3.05) is 29.8 Å². The first-order chi connectivity index (χ1) is 17.5. The third-order valence-electron chi connectivity index (χ3n) is 6.22. The van der Waals surface area contributed by atoms with Crippen LogP contribution in [0.1, 0.15) is 23.1 Å². The van der Waals surface area contributed by atoms with Gasteiger partial charge in [-0.05, 0) is 86.8 Å². The van der Waals surface area contributed by atoms with Crippen LogP contribution in [0.3, 0.4) is 0 Å². The summed E-state index contributed by atoms with van der Waals surface area (Å²) in [6.07, 6.45) is 1.58. The summed E-state index contributed by atoms with van der Waals surface area (Å²) in [7, 11) is -6.11. The summed E-state index contributed by atoms with van der Waals surface area (Å²) in [6.45, 7) is 3.53. The normalized spacial score (nSPS) is 13.6. The second kappa shape index (κ2) is 10.5. The maximum atomic E-state index is 13.4. The lowest BCUT2D eigenvalue weighted by Crippen LogP contribution is -2.35. The highest BCUT2D eigenvalue weighted by Crippen LogP contribution is 2.33. The summed E-state index contributed by atoms with van der Waals surface area (Å²) >= 11 is 0. The maximum absolute atomic E-state index is 13.4. The number of anilines is 2. The first kappa shape index (κ1) is 26.6. The summed E-state index contributed by atoms with van der Waals surface area (Å²) in [6, 6.07) is 16.5. The van der Waals surface area contributed by atoms with Crippen molar-refractivity contribution in [2.24, 2.45) is 0 Å². The number of rotatable bonds is 8. The molecule has 196 valence electrons. The highest BCUT2D eigenvalue weighted by molar-refractivity contribution is 7.92. The molecule has 2 N–H and O–H groups in total. The minimum Gasteiger partial charge on any atom is -0.483 e. The van der Waals surface area contributed by atoms with Gasteiger partial charge < -0.3 is 10.1 Å². The molecule has 3 aromatic carbocycles. The molecule has 1 aliphatic rings. The molecule has 0 atom stereocenters. The van der Waals surface area contributed by atoms with E-state index in [4.69, 9.17) is 4.74 Å². The Balaban J connectivity index is 1.46. The Labute approximate surface area is 217 Å². The Morgan fingerprint density at radius 3 is 2.41 bits per heavy atom. The van der Waals surface area contributed by atoms with Gasteiger partial charge in [0.05, 0.1) is 15.5 Å². The number of nitrogens with one attached hydrogen (secondary N) is 2. The molecule has 1 aliphatic heterocycles. The minimum atomic E-state index is -3.77. The third kappa shape index (κ3) is 5.63. The summed E-state index contributed by atoms with van der Waals surface area (Å²) in [5.41, 5.74) is 3.31. The van der Waals surface area contributed by atoms with E-state index in [0.29, 0.717) is 34.8 Å². The van der Waals surface area contributed by atoms with Crippen LogP contribution in [0.15, 0.2) is 70.5 Å². The number of nitrogens with zero attached hydrogens (tertiary/aromatic N) is 1. The molecule has 0 aliphatic carbocycles. The Kier molecular flexibility index (Phi) is 7.58. The molecule has 1 heterocycles. The number of fused-ring (bicyclic) bond motifs is 1. The van der Waals surface area contributed by atoms with Crippen molar-refractivity contribution in [1.29, 1.82) is 0 Å². The lowest BCUT2D eigenvalue weighted by atomic mass is 10.0. The third-order valence-corrected chi connectivity index (χ3v) is 9.44. The van der Waals surface area contributed by atoms with E-state index in [-0.39, 0.29) is 16.4 Å². The zero-order chi connectivity index (χ0) is 26.8. The molecular weight excluding hydrogens is 514 g/mol. The van der Waals surface area contributed by atoms with Crippen LogP contribution in [-0.2, 0) is 31.3 Å². The Bertz CT molecular complexity index is 1550. The molecule has 0 bridgehead atoms. The number of para-hydroxylation sites is 1. The maximum Gasteiger partial charge on any atom is 0.264 e. The molecule has 0 aromatic heterocycles. The van der Waals surface area contributed by atoms with Gasteiger partial charge in [0, 0.05) is 12.2 Å². The van der Waals surface area contributed by atoms with E-state index in [1.165, 1.54) is 41.7 Å². The molecule has 1 amide bonds. The van der Waals surface area contributed by atoms with Gasteiger partial charge in [-0.15, -0.1) is 0 Å². The van der Waals surface area contributed by atoms with Gasteiger partial charge in [-0.2, -0.15) is 0 Å². The van der Waals surface area contributed by atoms with E-state index < -0.39 is 26.0 Å². The number of aryl methyl sites for hydroxylation is 3. The van der Waals surface area contributed by atoms with Crippen LogP contribution >= 0.6 is 0 Å². The van der Waals surface area contributed by atoms with Gasteiger partial charge in [0.1, 0.15) is 5.75 Å². The van der Waals surface area contributed by atoms with Crippen LogP contribution in [0, 0.1) is 13.8 Å². The number of amides is 1. The van der Waals surface area contributed by atoms with Crippen molar-refractivity contribution in [2.45, 2.75) is 36.5 Å². The summed E-state index contributed by atoms with van der Waals surface area (Å²) in [5, 5.41) is 2.67. The molecule has 0 radical (unpaired) electrons. The molecule has 4 rings (SSSR count). The Morgan fingerprint density at radius 1 is 0.946 bits per heavy atom. The zero-order valence-corrected chi connectivity index (χ0v) is 22.4. The lowest BCUT2D eigenvalue weighted by Gasteiger charge is -2.30. The molecule has 0 saturated heterocycles. The van der Waals surface area contributed by atoms with Crippen molar-refractivity contribution in [3.05, 3.63) is 77.4 Å². The van der Waals surface area contributed by atoms with Crippen molar-refractivity contribution in [1.82, 2.24) is 4.72 Å². The second-order valence-corrected chi connectivity index (χ2v) is 12.5. The molecule has 3 aromatic rings. The van der Waals surface area contributed by atoms with Crippen LogP contribution in [0.25, 0.3) is 0 Å². The van der Waals surface area contributed by atoms with Gasteiger partial charge in [-0.25, -0.2) is 21.6 Å². The number of hydrogen-bond acceptors (Lipinski definition) is 6.